The number of carboxylic acid groups (broad SMARTS) is 1. The molecule has 2 rings (SSSR count). The molecular weight excluding hydrogens is 248 g/mol. The van der Waals surface area contributed by atoms with Crippen molar-refractivity contribution in [1.82, 2.24) is 9.97 Å². The van der Waals surface area contributed by atoms with Crippen molar-refractivity contribution in [3.8, 4) is 0 Å². The summed E-state index contributed by atoms with van der Waals surface area (Å²) in [6.07, 6.45) is 0.995. The molecule has 1 unspecified atom stereocenters. The van der Waals surface area contributed by atoms with Crippen molar-refractivity contribution in [2.24, 2.45) is 0 Å². The molecule has 0 radical (unpaired) electrons. The van der Waals surface area contributed by atoms with Gasteiger partial charge in [-0.1, -0.05) is 13.0 Å². The minimum atomic E-state index is -0.788. The lowest BCUT2D eigenvalue weighted by Crippen LogP contribution is -2.11. The van der Waals surface area contributed by atoms with Gasteiger partial charge >= 0.3 is 5.97 Å². The van der Waals surface area contributed by atoms with Gasteiger partial charge in [0.25, 0.3) is 0 Å². The minimum absolute atomic E-state index is 0.413. The number of aliphatic carboxylic acids is 1. The number of H-pyrrole nitrogens is 1. The predicted octanol–water partition coefficient (Wildman–Crippen LogP) is 2.83. The van der Waals surface area contributed by atoms with Crippen molar-refractivity contribution in [1.29, 1.82) is 0 Å². The van der Waals surface area contributed by atoms with Gasteiger partial charge < -0.3 is 10.1 Å². The Kier molecular flexibility index (Phi) is 3.91. The van der Waals surface area contributed by atoms with E-state index in [1.165, 1.54) is 17.3 Å². The molecule has 0 saturated carbocycles. The lowest BCUT2D eigenvalue weighted by Gasteiger charge is -2.02. The van der Waals surface area contributed by atoms with Crippen LogP contribution in [0.3, 0.4) is 0 Å². The fourth-order valence-electron chi connectivity index (χ4n) is 1.67. The Morgan fingerprint density at radius 2 is 2.33 bits per heavy atom. The summed E-state index contributed by atoms with van der Waals surface area (Å²) in [5.74, 6) is 0.629. The third-order valence-corrected chi connectivity index (χ3v) is 3.96. The molecular formula is C13H16N2O2S. The van der Waals surface area contributed by atoms with E-state index in [0.29, 0.717) is 5.75 Å². The molecule has 0 saturated heterocycles. The van der Waals surface area contributed by atoms with Crippen LogP contribution in [0.25, 0.3) is 11.0 Å². The van der Waals surface area contributed by atoms with Crippen LogP contribution in [0.5, 0.6) is 0 Å². The van der Waals surface area contributed by atoms with Crippen LogP contribution in [0.4, 0.5) is 0 Å². The van der Waals surface area contributed by atoms with Crippen LogP contribution in [0, 0.1) is 0 Å². The molecule has 2 aromatic rings. The van der Waals surface area contributed by atoms with Crippen LogP contribution >= 0.6 is 11.8 Å². The molecule has 4 nitrogen and oxygen atoms in total. The molecule has 0 fully saturated rings. The molecule has 96 valence electrons. The third-order valence-electron chi connectivity index (χ3n) is 2.82. The predicted molar refractivity (Wildman–Crippen MR) is 73.9 cm³/mol. The first-order chi connectivity index (χ1) is 8.60. The Morgan fingerprint density at radius 1 is 1.56 bits per heavy atom. The smallest absolute Gasteiger partial charge is 0.316 e. The Bertz CT molecular complexity index is 565. The number of rotatable bonds is 5. The average molecular weight is 264 g/mol. The monoisotopic (exact) mass is 264 g/mol. The number of aromatic nitrogens is 2. The number of imidazole rings is 1. The molecule has 1 aromatic carbocycles. The van der Waals surface area contributed by atoms with Crippen LogP contribution < -0.4 is 0 Å². The van der Waals surface area contributed by atoms with E-state index in [2.05, 4.69) is 29.0 Å². The molecule has 1 aromatic heterocycles. The second-order valence-electron chi connectivity index (χ2n) is 4.18. The van der Waals surface area contributed by atoms with Crippen LogP contribution in [0.2, 0.25) is 0 Å². The molecule has 0 bridgehead atoms. The number of nitrogens with zero attached hydrogens (tertiary/aromatic N) is 1. The van der Waals surface area contributed by atoms with Crippen LogP contribution in [-0.4, -0.2) is 26.3 Å². The molecule has 1 atom stereocenters. The maximum absolute atomic E-state index is 10.7. The summed E-state index contributed by atoms with van der Waals surface area (Å²) in [5, 5.41) is 8.40. The normalized spacial score (nSPS) is 12.8. The Hall–Kier alpha value is -1.49. The topological polar surface area (TPSA) is 66.0 Å². The van der Waals surface area contributed by atoms with E-state index in [1.807, 2.05) is 6.07 Å². The zero-order chi connectivity index (χ0) is 13.1. The number of nitrogens with one attached hydrogen (secondary N) is 1. The maximum atomic E-state index is 10.7. The first-order valence-corrected chi connectivity index (χ1v) is 6.97. The standard InChI is InChI=1S/C13H16N2O2S/c1-3-9-4-5-10-11(6-9)15-12(14-10)7-18-8(2)13(16)17/h4-6,8H,3,7H2,1-2H3,(H,14,15)(H,16,17). The number of carbonyl (C=O) groups is 1. The largest absolute Gasteiger partial charge is 0.480 e. The summed E-state index contributed by atoms with van der Waals surface area (Å²) in [7, 11) is 0. The van der Waals surface area contributed by atoms with Crippen molar-refractivity contribution < 1.29 is 9.90 Å². The summed E-state index contributed by atoms with van der Waals surface area (Å²) < 4.78 is 0. The summed E-state index contributed by atoms with van der Waals surface area (Å²) in [6, 6.07) is 6.16. The van der Waals surface area contributed by atoms with Crippen molar-refractivity contribution in [3.05, 3.63) is 29.6 Å². The van der Waals surface area contributed by atoms with Crippen molar-refractivity contribution in [3.63, 3.8) is 0 Å². The SMILES string of the molecule is CCc1ccc2nc(CSC(C)C(=O)O)[nH]c2c1. The molecule has 0 aliphatic heterocycles. The average Bonchev–Trinajstić information content (AvgIpc) is 2.77. The summed E-state index contributed by atoms with van der Waals surface area (Å²) >= 11 is 1.37. The zero-order valence-corrected chi connectivity index (χ0v) is 11.3. The van der Waals surface area contributed by atoms with Gasteiger partial charge in [-0.05, 0) is 31.0 Å². The first kappa shape index (κ1) is 13.0. The number of hydrogen-bond donors (Lipinski definition) is 2. The molecule has 1 heterocycles. The first-order valence-electron chi connectivity index (χ1n) is 5.92. The van der Waals surface area contributed by atoms with Gasteiger partial charge in [-0.15, -0.1) is 11.8 Å². The highest BCUT2D eigenvalue weighted by atomic mass is 32.2. The van der Waals surface area contributed by atoms with Crippen molar-refractivity contribution in [2.75, 3.05) is 0 Å². The van der Waals surface area contributed by atoms with Gasteiger partial charge in [0.1, 0.15) is 5.82 Å². The lowest BCUT2D eigenvalue weighted by atomic mass is 10.1. The Morgan fingerprint density at radius 3 is 3.00 bits per heavy atom. The number of benzene rings is 1. The fraction of sp³-hybridized carbons (Fsp3) is 0.385. The number of aromatic amines is 1. The highest BCUT2D eigenvalue weighted by molar-refractivity contribution is 7.99. The molecule has 0 aliphatic rings. The molecule has 5 heteroatoms. The van der Waals surface area contributed by atoms with Crippen LogP contribution in [0.1, 0.15) is 25.2 Å². The molecule has 0 aliphatic carbocycles. The summed E-state index contributed by atoms with van der Waals surface area (Å²) in [5.41, 5.74) is 3.22. The lowest BCUT2D eigenvalue weighted by molar-refractivity contribution is -0.136. The number of fused-ring (bicyclic) bond motifs is 1. The minimum Gasteiger partial charge on any atom is -0.480 e. The van der Waals surface area contributed by atoms with Gasteiger partial charge in [-0.2, -0.15) is 0 Å². The zero-order valence-electron chi connectivity index (χ0n) is 10.4. The van der Waals surface area contributed by atoms with Crippen LogP contribution in [-0.2, 0) is 17.0 Å². The van der Waals surface area contributed by atoms with Crippen molar-refractivity contribution in [2.45, 2.75) is 31.3 Å². The summed E-state index contributed by atoms with van der Waals surface area (Å²) in [6.45, 7) is 3.80. The third kappa shape index (κ3) is 2.85. The van der Waals surface area contributed by atoms with E-state index in [0.717, 1.165) is 23.3 Å². The number of aryl methyl sites for hydroxylation is 1. The van der Waals surface area contributed by atoms with Gasteiger partial charge in [0.15, 0.2) is 0 Å². The molecule has 18 heavy (non-hydrogen) atoms. The van der Waals surface area contributed by atoms with E-state index in [1.54, 1.807) is 6.92 Å². The van der Waals surface area contributed by atoms with E-state index in [4.69, 9.17) is 5.11 Å². The number of thioether (sulfide) groups is 1. The number of carboxylic acids is 1. The fourth-order valence-corrected chi connectivity index (χ4v) is 2.36. The van der Waals surface area contributed by atoms with E-state index < -0.39 is 11.2 Å². The Balaban J connectivity index is 2.12. The quantitative estimate of drug-likeness (QED) is 0.871. The second-order valence-corrected chi connectivity index (χ2v) is 5.51. The van der Waals surface area contributed by atoms with Crippen LogP contribution in [0.15, 0.2) is 18.2 Å². The molecule has 0 amide bonds. The van der Waals surface area contributed by atoms with E-state index >= 15 is 0 Å². The van der Waals surface area contributed by atoms with Gasteiger partial charge in [0.05, 0.1) is 22.0 Å². The molecule has 2 N–H and O–H groups in total. The van der Waals surface area contributed by atoms with Gasteiger partial charge in [0.2, 0.25) is 0 Å². The van der Waals surface area contributed by atoms with Gasteiger partial charge in [-0.3, -0.25) is 4.79 Å². The Labute approximate surface area is 110 Å². The van der Waals surface area contributed by atoms with Crippen molar-refractivity contribution >= 4 is 28.8 Å². The maximum Gasteiger partial charge on any atom is 0.316 e. The van der Waals surface area contributed by atoms with Gasteiger partial charge in [0, 0.05) is 0 Å². The summed E-state index contributed by atoms with van der Waals surface area (Å²) in [4.78, 5) is 18.4. The highest BCUT2D eigenvalue weighted by Gasteiger charge is 2.12. The number of hydrogen-bond acceptors (Lipinski definition) is 3. The molecule has 0 spiro atoms. The van der Waals surface area contributed by atoms with Gasteiger partial charge in [-0.25, -0.2) is 4.98 Å². The highest BCUT2D eigenvalue weighted by Crippen LogP contribution is 2.19. The van der Waals surface area contributed by atoms with E-state index in [-0.39, 0.29) is 0 Å². The second kappa shape index (κ2) is 5.44. The van der Waals surface area contributed by atoms with E-state index in [9.17, 15) is 4.79 Å².